The second kappa shape index (κ2) is 4.82. The predicted octanol–water partition coefficient (Wildman–Crippen LogP) is 4.18. The van der Waals surface area contributed by atoms with E-state index in [4.69, 9.17) is 0 Å². The molecule has 0 saturated heterocycles. The summed E-state index contributed by atoms with van der Waals surface area (Å²) in [5, 5.41) is 0. The molecule has 0 radical (unpaired) electrons. The Morgan fingerprint density at radius 1 is 1.31 bits per heavy atom. The number of hydrogen-bond donors (Lipinski definition) is 0. The number of ketones is 1. The van der Waals surface area contributed by atoms with E-state index in [2.05, 4.69) is 19.1 Å². The third-order valence-corrected chi connectivity index (χ3v) is 3.93. The highest BCUT2D eigenvalue weighted by Crippen LogP contribution is 2.37. The summed E-state index contributed by atoms with van der Waals surface area (Å²) < 4.78 is 0. The summed E-state index contributed by atoms with van der Waals surface area (Å²) >= 11 is 0. The highest BCUT2D eigenvalue weighted by atomic mass is 16.1. The standard InChI is InChI=1S/C15H20O/c1-11(13-6-3-4-7-13)14-8-5-9-15(10-14)12(2)16/h5,8-11,13H,3-4,6-7H2,1-2H3. The molecule has 0 aliphatic heterocycles. The SMILES string of the molecule is CC(=O)c1cccc(C(C)C2CCCC2)c1. The second-order valence-electron chi connectivity index (χ2n) is 5.01. The first-order chi connectivity index (χ1) is 7.68. The summed E-state index contributed by atoms with van der Waals surface area (Å²) in [6.07, 6.45) is 5.46. The molecule has 1 aromatic rings. The molecule has 0 N–H and O–H groups in total. The molecule has 1 heteroatoms. The highest BCUT2D eigenvalue weighted by Gasteiger charge is 2.22. The lowest BCUT2D eigenvalue weighted by Crippen LogP contribution is -2.06. The average Bonchev–Trinajstić information content (AvgIpc) is 2.81. The molecular formula is C15H20O. The van der Waals surface area contributed by atoms with Gasteiger partial charge in [0.05, 0.1) is 0 Å². The minimum Gasteiger partial charge on any atom is -0.295 e. The summed E-state index contributed by atoms with van der Waals surface area (Å²) in [6, 6.07) is 8.16. The molecule has 86 valence electrons. The summed E-state index contributed by atoms with van der Waals surface area (Å²) in [4.78, 5) is 11.3. The van der Waals surface area contributed by atoms with E-state index in [9.17, 15) is 4.79 Å². The Bertz CT molecular complexity index is 375. The molecule has 1 fully saturated rings. The maximum absolute atomic E-state index is 11.3. The Balaban J connectivity index is 2.18. The van der Waals surface area contributed by atoms with Crippen molar-refractivity contribution in [1.29, 1.82) is 0 Å². The number of carbonyl (C=O) groups is 1. The fraction of sp³-hybridized carbons (Fsp3) is 0.533. The van der Waals surface area contributed by atoms with Crippen molar-refractivity contribution in [3.63, 3.8) is 0 Å². The molecule has 1 aromatic carbocycles. The lowest BCUT2D eigenvalue weighted by atomic mass is 9.86. The van der Waals surface area contributed by atoms with Crippen LogP contribution in [0.5, 0.6) is 0 Å². The van der Waals surface area contributed by atoms with Gasteiger partial charge in [-0.3, -0.25) is 4.79 Å². The largest absolute Gasteiger partial charge is 0.295 e. The molecule has 0 amide bonds. The van der Waals surface area contributed by atoms with E-state index >= 15 is 0 Å². The maximum atomic E-state index is 11.3. The Morgan fingerprint density at radius 2 is 2.00 bits per heavy atom. The topological polar surface area (TPSA) is 17.1 Å². The van der Waals surface area contributed by atoms with E-state index in [0.717, 1.165) is 11.5 Å². The smallest absolute Gasteiger partial charge is 0.159 e. The van der Waals surface area contributed by atoms with Crippen molar-refractivity contribution in [2.75, 3.05) is 0 Å². The van der Waals surface area contributed by atoms with Gasteiger partial charge in [-0.1, -0.05) is 38.0 Å². The minimum absolute atomic E-state index is 0.167. The molecule has 1 aliphatic rings. The Hall–Kier alpha value is -1.11. The number of rotatable bonds is 3. The van der Waals surface area contributed by atoms with Gasteiger partial charge in [0.2, 0.25) is 0 Å². The van der Waals surface area contributed by atoms with Crippen LogP contribution in [0.4, 0.5) is 0 Å². The number of carbonyl (C=O) groups excluding carboxylic acids is 1. The summed E-state index contributed by atoms with van der Waals surface area (Å²) in [7, 11) is 0. The fourth-order valence-corrected chi connectivity index (χ4v) is 2.77. The van der Waals surface area contributed by atoms with E-state index < -0.39 is 0 Å². The van der Waals surface area contributed by atoms with Gasteiger partial charge >= 0.3 is 0 Å². The predicted molar refractivity (Wildman–Crippen MR) is 66.8 cm³/mol. The highest BCUT2D eigenvalue weighted by molar-refractivity contribution is 5.94. The quantitative estimate of drug-likeness (QED) is 0.693. The molecule has 16 heavy (non-hydrogen) atoms. The Kier molecular flexibility index (Phi) is 3.42. The summed E-state index contributed by atoms with van der Waals surface area (Å²) in [5.41, 5.74) is 2.18. The van der Waals surface area contributed by atoms with E-state index in [1.165, 1.54) is 31.2 Å². The molecule has 1 unspecified atom stereocenters. The molecule has 0 spiro atoms. The van der Waals surface area contributed by atoms with Crippen molar-refractivity contribution >= 4 is 5.78 Å². The molecular weight excluding hydrogens is 196 g/mol. The summed E-state index contributed by atoms with van der Waals surface area (Å²) in [5.74, 6) is 1.59. The number of Topliss-reactive ketones (excluding diaryl/α,β-unsaturated/α-hetero) is 1. The van der Waals surface area contributed by atoms with Crippen molar-refractivity contribution in [3.8, 4) is 0 Å². The third kappa shape index (κ3) is 2.34. The van der Waals surface area contributed by atoms with Gasteiger partial charge < -0.3 is 0 Å². The second-order valence-corrected chi connectivity index (χ2v) is 5.01. The normalized spacial score (nSPS) is 18.6. The minimum atomic E-state index is 0.167. The van der Waals surface area contributed by atoms with Crippen LogP contribution in [0, 0.1) is 5.92 Å². The first-order valence-electron chi connectivity index (χ1n) is 6.29. The van der Waals surface area contributed by atoms with Crippen LogP contribution >= 0.6 is 0 Å². The zero-order valence-electron chi connectivity index (χ0n) is 10.2. The van der Waals surface area contributed by atoms with Gasteiger partial charge in [0.15, 0.2) is 5.78 Å². The zero-order valence-corrected chi connectivity index (χ0v) is 10.2. The van der Waals surface area contributed by atoms with Crippen molar-refractivity contribution in [3.05, 3.63) is 35.4 Å². The third-order valence-electron chi connectivity index (χ3n) is 3.93. The van der Waals surface area contributed by atoms with Crippen LogP contribution in [0.25, 0.3) is 0 Å². The van der Waals surface area contributed by atoms with Crippen LogP contribution in [0.2, 0.25) is 0 Å². The lowest BCUT2D eigenvalue weighted by molar-refractivity contribution is 0.101. The lowest BCUT2D eigenvalue weighted by Gasteiger charge is -2.19. The van der Waals surface area contributed by atoms with Crippen molar-refractivity contribution in [1.82, 2.24) is 0 Å². The maximum Gasteiger partial charge on any atom is 0.159 e. The zero-order chi connectivity index (χ0) is 11.5. The molecule has 0 heterocycles. The molecule has 0 aromatic heterocycles. The van der Waals surface area contributed by atoms with Gasteiger partial charge in [-0.05, 0) is 43.2 Å². The molecule has 0 bridgehead atoms. The van der Waals surface area contributed by atoms with Gasteiger partial charge in [0.25, 0.3) is 0 Å². The average molecular weight is 216 g/mol. The van der Waals surface area contributed by atoms with Crippen molar-refractivity contribution in [2.24, 2.45) is 5.92 Å². The van der Waals surface area contributed by atoms with Crippen LogP contribution in [-0.2, 0) is 0 Å². The van der Waals surface area contributed by atoms with Crippen LogP contribution < -0.4 is 0 Å². The monoisotopic (exact) mass is 216 g/mol. The van der Waals surface area contributed by atoms with Crippen molar-refractivity contribution in [2.45, 2.75) is 45.4 Å². The van der Waals surface area contributed by atoms with Crippen LogP contribution in [-0.4, -0.2) is 5.78 Å². The Labute approximate surface area is 97.9 Å². The van der Waals surface area contributed by atoms with E-state index in [1.54, 1.807) is 6.92 Å². The van der Waals surface area contributed by atoms with Crippen LogP contribution in [0.1, 0.15) is 61.4 Å². The first-order valence-corrected chi connectivity index (χ1v) is 6.29. The van der Waals surface area contributed by atoms with Gasteiger partial charge in [-0.2, -0.15) is 0 Å². The van der Waals surface area contributed by atoms with Crippen molar-refractivity contribution < 1.29 is 4.79 Å². The van der Waals surface area contributed by atoms with Crippen LogP contribution in [0.15, 0.2) is 24.3 Å². The number of hydrogen-bond acceptors (Lipinski definition) is 1. The van der Waals surface area contributed by atoms with E-state index in [1.807, 2.05) is 12.1 Å². The molecule has 1 nitrogen and oxygen atoms in total. The van der Waals surface area contributed by atoms with Crippen LogP contribution in [0.3, 0.4) is 0 Å². The first kappa shape index (κ1) is 11.4. The van der Waals surface area contributed by atoms with Gasteiger partial charge in [-0.25, -0.2) is 0 Å². The van der Waals surface area contributed by atoms with Gasteiger partial charge in [-0.15, -0.1) is 0 Å². The Morgan fingerprint density at radius 3 is 2.62 bits per heavy atom. The molecule has 2 rings (SSSR count). The van der Waals surface area contributed by atoms with Gasteiger partial charge in [0.1, 0.15) is 0 Å². The fourth-order valence-electron chi connectivity index (χ4n) is 2.77. The molecule has 1 aliphatic carbocycles. The van der Waals surface area contributed by atoms with Gasteiger partial charge in [0, 0.05) is 5.56 Å². The number of benzene rings is 1. The van der Waals surface area contributed by atoms with E-state index in [0.29, 0.717) is 5.92 Å². The van der Waals surface area contributed by atoms with E-state index in [-0.39, 0.29) is 5.78 Å². The molecule has 1 atom stereocenters. The summed E-state index contributed by atoms with van der Waals surface area (Å²) in [6.45, 7) is 3.94. The molecule has 1 saturated carbocycles.